The van der Waals surface area contributed by atoms with Gasteiger partial charge in [-0.3, -0.25) is 19.7 Å². The maximum absolute atomic E-state index is 13.6. The van der Waals surface area contributed by atoms with E-state index in [9.17, 15) is 32.9 Å². The van der Waals surface area contributed by atoms with Crippen LogP contribution in [-0.4, -0.2) is 43.0 Å². The Morgan fingerprint density at radius 2 is 1.76 bits per heavy atom. The first-order valence-electron chi connectivity index (χ1n) is 10.6. The number of alkyl halides is 3. The van der Waals surface area contributed by atoms with Crippen molar-refractivity contribution in [3.63, 3.8) is 0 Å². The van der Waals surface area contributed by atoms with Gasteiger partial charge in [0.2, 0.25) is 5.91 Å². The lowest BCUT2D eigenvalue weighted by Gasteiger charge is -2.28. The van der Waals surface area contributed by atoms with E-state index >= 15 is 0 Å². The van der Waals surface area contributed by atoms with Crippen molar-refractivity contribution in [1.82, 2.24) is 0 Å². The molecule has 0 spiro atoms. The second-order valence-corrected chi connectivity index (χ2v) is 8.04. The number of hydrogen-bond donors (Lipinski definition) is 2. The molecule has 180 valence electrons. The number of ether oxygens (including phenoxy) is 1. The highest BCUT2D eigenvalue weighted by molar-refractivity contribution is 6.06. The molecule has 2 aliphatic rings. The molecule has 4 rings (SSSR count). The molecule has 1 aliphatic carbocycles. The zero-order valence-electron chi connectivity index (χ0n) is 17.9. The molecular formula is C22H21F3N4O5. The average molecular weight is 478 g/mol. The fourth-order valence-electron chi connectivity index (χ4n) is 3.63. The van der Waals surface area contributed by atoms with Crippen molar-refractivity contribution in [2.75, 3.05) is 41.8 Å². The molecule has 0 unspecified atom stereocenters. The second kappa shape index (κ2) is 9.29. The summed E-state index contributed by atoms with van der Waals surface area (Å²) >= 11 is 0. The molecular weight excluding hydrogens is 457 g/mol. The molecule has 0 aromatic heterocycles. The highest BCUT2D eigenvalue weighted by Gasteiger charge is 2.35. The van der Waals surface area contributed by atoms with Crippen LogP contribution >= 0.6 is 0 Å². The number of halogens is 3. The standard InChI is InChI=1S/C22H21F3N4O5/c23-22(24,25)16-12-15(26-20(30)13-1-2-13)4-5-17(16)27-21(31)14-3-6-18(19(11-14)29(32)33)28-7-9-34-10-8-28/h3-6,11-13H,1-2,7-10H2,(H,26,30)(H,27,31). The minimum atomic E-state index is -4.81. The molecule has 0 bridgehead atoms. The molecule has 0 atom stereocenters. The predicted octanol–water partition coefficient (Wildman–Crippen LogP) is 4.05. The normalized spacial score (nSPS) is 16.1. The highest BCUT2D eigenvalue weighted by Crippen LogP contribution is 2.38. The summed E-state index contributed by atoms with van der Waals surface area (Å²) in [7, 11) is 0. The summed E-state index contributed by atoms with van der Waals surface area (Å²) in [5.41, 5.74) is -1.90. The van der Waals surface area contributed by atoms with E-state index < -0.39 is 28.3 Å². The van der Waals surface area contributed by atoms with Crippen molar-refractivity contribution in [2.24, 2.45) is 5.92 Å². The number of nitro benzene ring substituents is 1. The van der Waals surface area contributed by atoms with Crippen LogP contribution in [0.5, 0.6) is 0 Å². The Hall–Kier alpha value is -3.67. The smallest absolute Gasteiger partial charge is 0.378 e. The minimum Gasteiger partial charge on any atom is -0.378 e. The Bertz CT molecular complexity index is 1130. The fourth-order valence-corrected chi connectivity index (χ4v) is 3.63. The SMILES string of the molecule is O=C(Nc1ccc(NC(=O)C2CC2)cc1C(F)(F)F)c1ccc(N2CCOCC2)c([N+](=O)[O-])c1. The minimum absolute atomic E-state index is 0.0345. The van der Waals surface area contributed by atoms with Gasteiger partial charge < -0.3 is 20.3 Å². The molecule has 34 heavy (non-hydrogen) atoms. The molecule has 9 nitrogen and oxygen atoms in total. The molecule has 2 fully saturated rings. The number of carbonyl (C=O) groups excluding carboxylic acids is 2. The van der Waals surface area contributed by atoms with E-state index in [1.165, 1.54) is 18.2 Å². The van der Waals surface area contributed by atoms with E-state index in [1.807, 2.05) is 0 Å². The van der Waals surface area contributed by atoms with Gasteiger partial charge in [-0.05, 0) is 43.2 Å². The fraction of sp³-hybridized carbons (Fsp3) is 0.364. The molecule has 2 amide bonds. The third-order valence-electron chi connectivity index (χ3n) is 5.57. The van der Waals surface area contributed by atoms with Crippen molar-refractivity contribution in [2.45, 2.75) is 19.0 Å². The zero-order valence-corrected chi connectivity index (χ0v) is 17.9. The van der Waals surface area contributed by atoms with Crippen LogP contribution in [0, 0.1) is 16.0 Å². The number of amides is 2. The number of anilines is 3. The molecule has 1 aliphatic heterocycles. The van der Waals surface area contributed by atoms with E-state index in [4.69, 9.17) is 4.74 Å². The lowest BCUT2D eigenvalue weighted by Crippen LogP contribution is -2.36. The van der Waals surface area contributed by atoms with Crippen LogP contribution in [0.25, 0.3) is 0 Å². The number of nitrogens with one attached hydrogen (secondary N) is 2. The largest absolute Gasteiger partial charge is 0.418 e. The number of benzene rings is 2. The lowest BCUT2D eigenvalue weighted by atomic mass is 10.1. The predicted molar refractivity (Wildman–Crippen MR) is 117 cm³/mol. The second-order valence-electron chi connectivity index (χ2n) is 8.04. The Kier molecular flexibility index (Phi) is 6.42. The van der Waals surface area contributed by atoms with Gasteiger partial charge >= 0.3 is 6.18 Å². The van der Waals surface area contributed by atoms with E-state index in [0.717, 1.165) is 18.2 Å². The van der Waals surface area contributed by atoms with Gasteiger partial charge in [-0.15, -0.1) is 0 Å². The highest BCUT2D eigenvalue weighted by atomic mass is 19.4. The Balaban J connectivity index is 1.58. The van der Waals surface area contributed by atoms with Crippen molar-refractivity contribution in [3.05, 3.63) is 57.6 Å². The van der Waals surface area contributed by atoms with E-state index in [0.29, 0.717) is 44.8 Å². The van der Waals surface area contributed by atoms with Gasteiger partial charge in [-0.2, -0.15) is 13.2 Å². The first kappa shape index (κ1) is 23.5. The van der Waals surface area contributed by atoms with Gasteiger partial charge in [0, 0.05) is 36.3 Å². The van der Waals surface area contributed by atoms with Crippen molar-refractivity contribution >= 4 is 34.6 Å². The van der Waals surface area contributed by atoms with Gasteiger partial charge in [0.05, 0.1) is 29.4 Å². The first-order chi connectivity index (χ1) is 16.1. The summed E-state index contributed by atoms with van der Waals surface area (Å²) < 4.78 is 46.2. The van der Waals surface area contributed by atoms with Crippen LogP contribution in [0.3, 0.4) is 0 Å². The summed E-state index contributed by atoms with van der Waals surface area (Å²) in [5.74, 6) is -1.47. The van der Waals surface area contributed by atoms with Gasteiger partial charge in [0.1, 0.15) is 5.69 Å². The molecule has 1 heterocycles. The monoisotopic (exact) mass is 478 g/mol. The molecule has 0 radical (unpaired) electrons. The number of carbonyl (C=O) groups is 2. The summed E-state index contributed by atoms with van der Waals surface area (Å²) in [6.45, 7) is 1.67. The Labute approximate surface area is 192 Å². The zero-order chi connectivity index (χ0) is 24.5. The average Bonchev–Trinajstić information content (AvgIpc) is 3.65. The van der Waals surface area contributed by atoms with E-state index in [1.54, 1.807) is 4.90 Å². The number of nitrogens with zero attached hydrogens (tertiary/aromatic N) is 2. The molecule has 1 saturated carbocycles. The lowest BCUT2D eigenvalue weighted by molar-refractivity contribution is -0.384. The van der Waals surface area contributed by atoms with Crippen molar-refractivity contribution in [1.29, 1.82) is 0 Å². The van der Waals surface area contributed by atoms with Crippen LogP contribution in [0.15, 0.2) is 36.4 Å². The number of rotatable bonds is 6. The Morgan fingerprint density at radius 1 is 1.06 bits per heavy atom. The van der Waals surface area contributed by atoms with Crippen molar-refractivity contribution < 1.29 is 32.4 Å². The van der Waals surface area contributed by atoms with E-state index in [2.05, 4.69) is 10.6 Å². The maximum Gasteiger partial charge on any atom is 0.418 e. The molecule has 2 N–H and O–H groups in total. The summed E-state index contributed by atoms with van der Waals surface area (Å²) in [6.07, 6.45) is -3.42. The summed E-state index contributed by atoms with van der Waals surface area (Å²) in [4.78, 5) is 37.3. The van der Waals surface area contributed by atoms with E-state index in [-0.39, 0.29) is 28.8 Å². The molecule has 12 heteroatoms. The summed E-state index contributed by atoms with van der Waals surface area (Å²) in [6, 6.07) is 6.82. The van der Waals surface area contributed by atoms with Crippen molar-refractivity contribution in [3.8, 4) is 0 Å². The number of nitro groups is 1. The van der Waals surface area contributed by atoms with Crippen LogP contribution in [0.2, 0.25) is 0 Å². The van der Waals surface area contributed by atoms with Crippen LogP contribution in [0.4, 0.5) is 35.9 Å². The first-order valence-corrected chi connectivity index (χ1v) is 10.6. The van der Waals surface area contributed by atoms with Crippen LogP contribution in [-0.2, 0) is 15.7 Å². The van der Waals surface area contributed by atoms with Gasteiger partial charge in [0.25, 0.3) is 11.6 Å². The maximum atomic E-state index is 13.6. The van der Waals surface area contributed by atoms with Gasteiger partial charge in [0.15, 0.2) is 0 Å². The van der Waals surface area contributed by atoms with Crippen LogP contribution in [0.1, 0.15) is 28.8 Å². The van der Waals surface area contributed by atoms with Crippen LogP contribution < -0.4 is 15.5 Å². The number of morpholine rings is 1. The van der Waals surface area contributed by atoms with Gasteiger partial charge in [-0.1, -0.05) is 0 Å². The Morgan fingerprint density at radius 3 is 2.38 bits per heavy atom. The summed E-state index contributed by atoms with van der Waals surface area (Å²) in [5, 5.41) is 16.2. The molecule has 2 aromatic carbocycles. The quantitative estimate of drug-likeness (QED) is 0.478. The third-order valence-corrected chi connectivity index (χ3v) is 5.57. The number of hydrogen-bond acceptors (Lipinski definition) is 6. The third kappa shape index (κ3) is 5.28. The topological polar surface area (TPSA) is 114 Å². The van der Waals surface area contributed by atoms with Gasteiger partial charge in [-0.25, -0.2) is 0 Å². The molecule has 2 aromatic rings. The molecule has 1 saturated heterocycles.